The van der Waals surface area contributed by atoms with E-state index in [9.17, 15) is 0 Å². The van der Waals surface area contributed by atoms with Gasteiger partial charge in [-0.15, -0.1) is 0 Å². The van der Waals surface area contributed by atoms with Crippen molar-refractivity contribution in [2.45, 2.75) is 26.4 Å². The number of nitrogens with one attached hydrogen (secondary N) is 2. The molecule has 5 nitrogen and oxygen atoms in total. The number of methoxy groups -OCH3 is 1. The number of rotatable bonds is 7. The number of hydrogen-bond donors (Lipinski definition) is 2. The Hall–Kier alpha value is -1.36. The fourth-order valence-corrected chi connectivity index (χ4v) is 1.62. The van der Waals surface area contributed by atoms with Crippen molar-refractivity contribution in [3.8, 4) is 0 Å². The van der Waals surface area contributed by atoms with Crippen LogP contribution in [0.1, 0.15) is 25.6 Å². The number of nitrogens with zero attached hydrogens (tertiary/aromatic N) is 2. The number of anilines is 2. The smallest absolute Gasteiger partial charge is 0.158 e. The van der Waals surface area contributed by atoms with Crippen LogP contribution in [0.5, 0.6) is 0 Å². The lowest BCUT2D eigenvalue weighted by atomic mass is 10.4. The molecule has 0 atom stereocenters. The summed E-state index contributed by atoms with van der Waals surface area (Å²) in [6.45, 7) is 4.35. The van der Waals surface area contributed by atoms with Crippen LogP contribution in [0.4, 0.5) is 11.6 Å². The zero-order valence-corrected chi connectivity index (χ0v) is 10.5. The van der Waals surface area contributed by atoms with Crippen molar-refractivity contribution in [2.75, 3.05) is 30.8 Å². The van der Waals surface area contributed by atoms with Crippen LogP contribution >= 0.6 is 0 Å². The van der Waals surface area contributed by atoms with Gasteiger partial charge in [0.25, 0.3) is 0 Å². The summed E-state index contributed by atoms with van der Waals surface area (Å²) in [5.74, 6) is 3.28. The summed E-state index contributed by atoms with van der Waals surface area (Å²) in [7, 11) is 1.65. The highest BCUT2D eigenvalue weighted by Gasteiger charge is 2.20. The quantitative estimate of drug-likeness (QED) is 0.757. The molecule has 17 heavy (non-hydrogen) atoms. The van der Waals surface area contributed by atoms with Crippen molar-refractivity contribution < 1.29 is 4.74 Å². The molecule has 1 aliphatic rings. The molecule has 1 saturated carbocycles. The molecule has 0 amide bonds. The van der Waals surface area contributed by atoms with E-state index in [0.29, 0.717) is 12.4 Å². The summed E-state index contributed by atoms with van der Waals surface area (Å²) in [6.07, 6.45) is 2.67. The topological polar surface area (TPSA) is 59.1 Å². The molecule has 2 rings (SSSR count). The summed E-state index contributed by atoms with van der Waals surface area (Å²) in [5.41, 5.74) is 0. The molecule has 0 bridgehead atoms. The van der Waals surface area contributed by atoms with Crippen molar-refractivity contribution in [1.82, 2.24) is 9.97 Å². The van der Waals surface area contributed by atoms with E-state index in [0.717, 1.165) is 30.6 Å². The largest absolute Gasteiger partial charge is 0.377 e. The van der Waals surface area contributed by atoms with Gasteiger partial charge in [0.1, 0.15) is 18.2 Å². The second-order valence-corrected chi connectivity index (χ2v) is 4.34. The minimum atomic E-state index is 0.442. The van der Waals surface area contributed by atoms with Crippen molar-refractivity contribution in [3.05, 3.63) is 11.9 Å². The van der Waals surface area contributed by atoms with Gasteiger partial charge in [-0.25, -0.2) is 9.97 Å². The van der Waals surface area contributed by atoms with E-state index in [4.69, 9.17) is 4.74 Å². The standard InChI is InChI=1S/C12H20N4O/c1-3-13-10-6-11(14-7-9-4-5-9)16-12(15-10)8-17-2/h6,9H,3-5,7-8H2,1-2H3,(H2,13,14,15,16). The van der Waals surface area contributed by atoms with E-state index in [1.54, 1.807) is 7.11 Å². The highest BCUT2D eigenvalue weighted by molar-refractivity contribution is 5.47. The van der Waals surface area contributed by atoms with Crippen molar-refractivity contribution in [2.24, 2.45) is 5.92 Å². The zero-order valence-electron chi connectivity index (χ0n) is 10.5. The van der Waals surface area contributed by atoms with Gasteiger partial charge in [0.2, 0.25) is 0 Å². The van der Waals surface area contributed by atoms with Gasteiger partial charge in [-0.2, -0.15) is 0 Å². The first-order valence-electron chi connectivity index (χ1n) is 6.16. The second kappa shape index (κ2) is 5.82. The average molecular weight is 236 g/mol. The minimum absolute atomic E-state index is 0.442. The summed E-state index contributed by atoms with van der Waals surface area (Å²) >= 11 is 0. The molecular formula is C12H20N4O. The molecule has 1 aromatic heterocycles. The van der Waals surface area contributed by atoms with Crippen molar-refractivity contribution >= 4 is 11.6 Å². The maximum absolute atomic E-state index is 5.07. The van der Waals surface area contributed by atoms with Crippen LogP contribution < -0.4 is 10.6 Å². The van der Waals surface area contributed by atoms with Gasteiger partial charge in [-0.1, -0.05) is 0 Å². The van der Waals surface area contributed by atoms with Crippen molar-refractivity contribution in [3.63, 3.8) is 0 Å². The van der Waals surface area contributed by atoms with Crippen LogP contribution in [-0.4, -0.2) is 30.2 Å². The van der Waals surface area contributed by atoms with E-state index >= 15 is 0 Å². The Kier molecular flexibility index (Phi) is 4.14. The van der Waals surface area contributed by atoms with Crippen LogP contribution in [0.25, 0.3) is 0 Å². The average Bonchev–Trinajstić information content (AvgIpc) is 3.11. The molecule has 0 aromatic carbocycles. The minimum Gasteiger partial charge on any atom is -0.377 e. The zero-order chi connectivity index (χ0) is 12.1. The Labute approximate surface area is 102 Å². The normalized spacial score (nSPS) is 14.7. The van der Waals surface area contributed by atoms with E-state index < -0.39 is 0 Å². The molecule has 0 radical (unpaired) electrons. The van der Waals surface area contributed by atoms with Crippen LogP contribution in [0, 0.1) is 5.92 Å². The Balaban J connectivity index is 2.04. The van der Waals surface area contributed by atoms with Gasteiger partial charge >= 0.3 is 0 Å². The van der Waals surface area contributed by atoms with E-state index in [-0.39, 0.29) is 0 Å². The molecule has 5 heteroatoms. The number of aromatic nitrogens is 2. The monoisotopic (exact) mass is 236 g/mol. The van der Waals surface area contributed by atoms with Crippen LogP contribution in [0.3, 0.4) is 0 Å². The molecule has 1 fully saturated rings. The lowest BCUT2D eigenvalue weighted by Gasteiger charge is -2.10. The van der Waals surface area contributed by atoms with Gasteiger partial charge in [-0.3, -0.25) is 0 Å². The molecule has 94 valence electrons. The molecule has 1 heterocycles. The highest BCUT2D eigenvalue weighted by Crippen LogP contribution is 2.28. The molecule has 0 saturated heterocycles. The lowest BCUT2D eigenvalue weighted by molar-refractivity contribution is 0.178. The van der Waals surface area contributed by atoms with E-state index in [2.05, 4.69) is 27.5 Å². The Bertz CT molecular complexity index is 341. The number of ether oxygens (including phenoxy) is 1. The summed E-state index contributed by atoms with van der Waals surface area (Å²) in [5, 5.41) is 6.56. The molecule has 1 aliphatic carbocycles. The number of hydrogen-bond acceptors (Lipinski definition) is 5. The molecule has 0 unspecified atom stereocenters. The summed E-state index contributed by atoms with van der Waals surface area (Å²) < 4.78 is 5.07. The first kappa shape index (κ1) is 12.1. The second-order valence-electron chi connectivity index (χ2n) is 4.34. The first-order chi connectivity index (χ1) is 8.31. The van der Waals surface area contributed by atoms with Crippen LogP contribution in [0.2, 0.25) is 0 Å². The van der Waals surface area contributed by atoms with Crippen molar-refractivity contribution in [1.29, 1.82) is 0 Å². The molecule has 0 aliphatic heterocycles. The molecule has 2 N–H and O–H groups in total. The summed E-state index contributed by atoms with van der Waals surface area (Å²) in [6, 6.07) is 1.95. The maximum Gasteiger partial charge on any atom is 0.158 e. The first-order valence-corrected chi connectivity index (χ1v) is 6.16. The molecule has 0 spiro atoms. The third kappa shape index (κ3) is 3.85. The van der Waals surface area contributed by atoms with Gasteiger partial charge < -0.3 is 15.4 Å². The molecule has 1 aromatic rings. The highest BCUT2D eigenvalue weighted by atomic mass is 16.5. The Morgan fingerprint density at radius 3 is 2.59 bits per heavy atom. The summed E-state index contributed by atoms with van der Waals surface area (Å²) in [4.78, 5) is 8.79. The van der Waals surface area contributed by atoms with Crippen LogP contribution in [-0.2, 0) is 11.3 Å². The third-order valence-corrected chi connectivity index (χ3v) is 2.67. The van der Waals surface area contributed by atoms with Gasteiger partial charge in [0, 0.05) is 26.3 Å². The van der Waals surface area contributed by atoms with Gasteiger partial charge in [-0.05, 0) is 25.7 Å². The Morgan fingerprint density at radius 1 is 1.29 bits per heavy atom. The van der Waals surface area contributed by atoms with Gasteiger partial charge in [0.15, 0.2) is 5.82 Å². The van der Waals surface area contributed by atoms with E-state index in [1.807, 2.05) is 6.07 Å². The third-order valence-electron chi connectivity index (χ3n) is 2.67. The molecular weight excluding hydrogens is 216 g/mol. The SMILES string of the molecule is CCNc1cc(NCC2CC2)nc(COC)n1. The fraction of sp³-hybridized carbons (Fsp3) is 0.667. The van der Waals surface area contributed by atoms with Gasteiger partial charge in [0.05, 0.1) is 0 Å². The predicted octanol–water partition coefficient (Wildman–Crippen LogP) is 1.88. The van der Waals surface area contributed by atoms with Crippen LogP contribution in [0.15, 0.2) is 6.07 Å². The lowest BCUT2D eigenvalue weighted by Crippen LogP contribution is -2.10. The maximum atomic E-state index is 5.07. The predicted molar refractivity (Wildman–Crippen MR) is 68.1 cm³/mol. The fourth-order valence-electron chi connectivity index (χ4n) is 1.62. The Morgan fingerprint density at radius 2 is 2.00 bits per heavy atom. The van der Waals surface area contributed by atoms with E-state index in [1.165, 1.54) is 12.8 Å².